The number of ketones is 1. The molecule has 0 bridgehead atoms. The molecule has 0 fully saturated rings. The van der Waals surface area contributed by atoms with Crippen LogP contribution in [0.25, 0.3) is 0 Å². The Kier molecular flexibility index (Phi) is 3.14. The van der Waals surface area contributed by atoms with E-state index in [1.807, 2.05) is 18.2 Å². The number of nitrogens with zero attached hydrogens (tertiary/aromatic N) is 2. The summed E-state index contributed by atoms with van der Waals surface area (Å²) in [6.07, 6.45) is 0. The zero-order chi connectivity index (χ0) is 8.81. The Bertz CT molecular complexity index is 280. The van der Waals surface area contributed by atoms with Crippen LogP contribution >= 0.6 is 0 Å². The summed E-state index contributed by atoms with van der Waals surface area (Å²) in [5, 5.41) is 7.13. The Morgan fingerprint density at radius 1 is 1.33 bits per heavy atom. The highest BCUT2D eigenvalue weighted by molar-refractivity contribution is 5.97. The maximum Gasteiger partial charge on any atom is 0.186 e. The van der Waals surface area contributed by atoms with Crippen LogP contribution in [0, 0.1) is 0 Å². The average molecular weight is 162 g/mol. The summed E-state index contributed by atoms with van der Waals surface area (Å²) in [6.45, 7) is 0.139. The third kappa shape index (κ3) is 2.27. The van der Waals surface area contributed by atoms with Gasteiger partial charge in [-0.05, 0) is 0 Å². The highest BCUT2D eigenvalue weighted by atomic mass is 16.1. The number of azo groups is 1. The molecule has 0 aromatic heterocycles. The first kappa shape index (κ1) is 8.59. The molecule has 1 rings (SSSR count). The standard InChI is InChI=1S/C9H10N2O/c1-10-11-7-9(12)8-5-3-2-4-6-8/h2-6H,7H2,1H3. The SMILES string of the molecule is CN=NCC(=O)c1ccccc1. The topological polar surface area (TPSA) is 41.8 Å². The third-order valence-electron chi connectivity index (χ3n) is 1.45. The van der Waals surface area contributed by atoms with E-state index in [0.29, 0.717) is 5.56 Å². The molecule has 0 unspecified atom stereocenters. The van der Waals surface area contributed by atoms with Gasteiger partial charge in [0.15, 0.2) is 5.78 Å². The number of hydrogen-bond donors (Lipinski definition) is 0. The lowest BCUT2D eigenvalue weighted by molar-refractivity contribution is 0.100. The van der Waals surface area contributed by atoms with Crippen LogP contribution in [0.5, 0.6) is 0 Å². The van der Waals surface area contributed by atoms with Gasteiger partial charge in [-0.2, -0.15) is 10.2 Å². The Morgan fingerprint density at radius 3 is 2.58 bits per heavy atom. The highest BCUT2D eigenvalue weighted by Crippen LogP contribution is 1.99. The van der Waals surface area contributed by atoms with Gasteiger partial charge in [-0.15, -0.1) is 0 Å². The second-order valence-electron chi connectivity index (χ2n) is 2.29. The molecule has 1 aromatic rings. The first-order valence-corrected chi connectivity index (χ1v) is 3.68. The van der Waals surface area contributed by atoms with Gasteiger partial charge in [-0.1, -0.05) is 30.3 Å². The molecule has 0 spiro atoms. The Labute approximate surface area is 71.1 Å². The molecule has 0 aliphatic carbocycles. The highest BCUT2D eigenvalue weighted by Gasteiger charge is 2.01. The summed E-state index contributed by atoms with van der Waals surface area (Å²) in [5.41, 5.74) is 0.685. The minimum atomic E-state index is 0.00111. The minimum absolute atomic E-state index is 0.00111. The van der Waals surface area contributed by atoms with E-state index in [9.17, 15) is 4.79 Å². The molecule has 0 saturated heterocycles. The van der Waals surface area contributed by atoms with Crippen LogP contribution in [0.3, 0.4) is 0 Å². The van der Waals surface area contributed by atoms with Gasteiger partial charge in [0.1, 0.15) is 6.54 Å². The van der Waals surface area contributed by atoms with E-state index in [1.165, 1.54) is 0 Å². The molecule has 0 atom stereocenters. The van der Waals surface area contributed by atoms with E-state index in [-0.39, 0.29) is 12.3 Å². The molecular weight excluding hydrogens is 152 g/mol. The van der Waals surface area contributed by atoms with E-state index < -0.39 is 0 Å². The molecule has 0 N–H and O–H groups in total. The number of hydrogen-bond acceptors (Lipinski definition) is 3. The summed E-state index contributed by atoms with van der Waals surface area (Å²) in [4.78, 5) is 11.2. The fourth-order valence-corrected chi connectivity index (χ4v) is 0.850. The van der Waals surface area contributed by atoms with Crippen molar-refractivity contribution >= 4 is 5.78 Å². The summed E-state index contributed by atoms with van der Waals surface area (Å²) in [5.74, 6) is 0.00111. The summed E-state index contributed by atoms with van der Waals surface area (Å²) in [7, 11) is 1.55. The fraction of sp³-hybridized carbons (Fsp3) is 0.222. The molecule has 12 heavy (non-hydrogen) atoms. The second kappa shape index (κ2) is 4.38. The predicted octanol–water partition coefficient (Wildman–Crippen LogP) is 1.95. The molecular formula is C9H10N2O. The van der Waals surface area contributed by atoms with Crippen LogP contribution < -0.4 is 0 Å². The van der Waals surface area contributed by atoms with Crippen molar-refractivity contribution in [3.63, 3.8) is 0 Å². The average Bonchev–Trinajstić information content (AvgIpc) is 2.15. The molecule has 0 aliphatic rings. The Hall–Kier alpha value is -1.51. The smallest absolute Gasteiger partial charge is 0.186 e. The Balaban J connectivity index is 2.66. The van der Waals surface area contributed by atoms with Crippen molar-refractivity contribution in [3.05, 3.63) is 35.9 Å². The number of carbonyl (C=O) groups excluding carboxylic acids is 1. The summed E-state index contributed by atoms with van der Waals surface area (Å²) < 4.78 is 0. The molecule has 62 valence electrons. The van der Waals surface area contributed by atoms with E-state index in [0.717, 1.165) is 0 Å². The van der Waals surface area contributed by atoms with Gasteiger partial charge in [-0.25, -0.2) is 0 Å². The van der Waals surface area contributed by atoms with Crippen LogP contribution in [0.2, 0.25) is 0 Å². The summed E-state index contributed by atoms with van der Waals surface area (Å²) in [6, 6.07) is 9.08. The lowest BCUT2D eigenvalue weighted by Crippen LogP contribution is -2.01. The van der Waals surface area contributed by atoms with Gasteiger partial charge in [0.2, 0.25) is 0 Å². The first-order chi connectivity index (χ1) is 5.84. The number of carbonyl (C=O) groups is 1. The fourth-order valence-electron chi connectivity index (χ4n) is 0.850. The maximum absolute atomic E-state index is 11.2. The minimum Gasteiger partial charge on any atom is -0.292 e. The monoisotopic (exact) mass is 162 g/mol. The van der Waals surface area contributed by atoms with Crippen LogP contribution in [0.15, 0.2) is 40.6 Å². The maximum atomic E-state index is 11.2. The zero-order valence-electron chi connectivity index (χ0n) is 6.90. The van der Waals surface area contributed by atoms with E-state index >= 15 is 0 Å². The van der Waals surface area contributed by atoms with Crippen LogP contribution in [-0.2, 0) is 0 Å². The van der Waals surface area contributed by atoms with Crippen molar-refractivity contribution in [2.24, 2.45) is 10.2 Å². The van der Waals surface area contributed by atoms with E-state index in [4.69, 9.17) is 0 Å². The van der Waals surface area contributed by atoms with Crippen molar-refractivity contribution in [2.45, 2.75) is 0 Å². The molecule has 3 heteroatoms. The van der Waals surface area contributed by atoms with Crippen molar-refractivity contribution in [3.8, 4) is 0 Å². The first-order valence-electron chi connectivity index (χ1n) is 3.68. The van der Waals surface area contributed by atoms with Gasteiger partial charge in [0.05, 0.1) is 0 Å². The van der Waals surface area contributed by atoms with Crippen LogP contribution in [0.4, 0.5) is 0 Å². The molecule has 0 saturated carbocycles. The van der Waals surface area contributed by atoms with Crippen LogP contribution in [-0.4, -0.2) is 19.4 Å². The lowest BCUT2D eigenvalue weighted by atomic mass is 10.1. The van der Waals surface area contributed by atoms with Gasteiger partial charge >= 0.3 is 0 Å². The normalized spacial score (nSPS) is 10.4. The number of Topliss-reactive ketones (excluding diaryl/α,β-unsaturated/α-hetero) is 1. The van der Waals surface area contributed by atoms with Gasteiger partial charge in [-0.3, -0.25) is 4.79 Å². The Morgan fingerprint density at radius 2 is 2.00 bits per heavy atom. The molecule has 0 aliphatic heterocycles. The zero-order valence-corrected chi connectivity index (χ0v) is 6.90. The molecule has 3 nitrogen and oxygen atoms in total. The largest absolute Gasteiger partial charge is 0.292 e. The van der Waals surface area contributed by atoms with Gasteiger partial charge < -0.3 is 0 Å². The predicted molar refractivity (Wildman–Crippen MR) is 46.4 cm³/mol. The molecule has 0 radical (unpaired) electrons. The van der Waals surface area contributed by atoms with Crippen molar-refractivity contribution in [1.29, 1.82) is 0 Å². The second-order valence-corrected chi connectivity index (χ2v) is 2.29. The molecule has 1 aromatic carbocycles. The van der Waals surface area contributed by atoms with Crippen molar-refractivity contribution in [1.82, 2.24) is 0 Å². The summed E-state index contributed by atoms with van der Waals surface area (Å²) >= 11 is 0. The van der Waals surface area contributed by atoms with Gasteiger partial charge in [0.25, 0.3) is 0 Å². The van der Waals surface area contributed by atoms with Crippen molar-refractivity contribution < 1.29 is 4.79 Å². The number of rotatable bonds is 3. The van der Waals surface area contributed by atoms with E-state index in [1.54, 1.807) is 19.2 Å². The van der Waals surface area contributed by atoms with Gasteiger partial charge in [0, 0.05) is 12.6 Å². The quantitative estimate of drug-likeness (QED) is 0.494. The van der Waals surface area contributed by atoms with E-state index in [2.05, 4.69) is 10.2 Å². The molecule has 0 heterocycles. The molecule has 0 amide bonds. The number of benzene rings is 1. The lowest BCUT2D eigenvalue weighted by Gasteiger charge is -1.94. The van der Waals surface area contributed by atoms with Crippen molar-refractivity contribution in [2.75, 3.05) is 13.6 Å². The van der Waals surface area contributed by atoms with Crippen LogP contribution in [0.1, 0.15) is 10.4 Å². The third-order valence-corrected chi connectivity index (χ3v) is 1.45.